The van der Waals surface area contributed by atoms with Gasteiger partial charge in [0.1, 0.15) is 5.82 Å². The van der Waals surface area contributed by atoms with Crippen molar-refractivity contribution in [2.45, 2.75) is 26.9 Å². The average Bonchev–Trinajstić information content (AvgIpc) is 2.17. The summed E-state index contributed by atoms with van der Waals surface area (Å²) < 4.78 is 5.39. The first-order chi connectivity index (χ1) is 7.09. The fourth-order valence-corrected chi connectivity index (χ4v) is 1.20. The standard InChI is InChI=1S/C10H16ClN3O/c1-7(2)15-5-4-12-9-8(3)6-13-10(11)14-9/h6-7H,4-5H2,1-3H3,(H,12,13,14). The van der Waals surface area contributed by atoms with Gasteiger partial charge in [0.05, 0.1) is 12.7 Å². The van der Waals surface area contributed by atoms with Crippen LogP contribution in [0.2, 0.25) is 5.28 Å². The van der Waals surface area contributed by atoms with Gasteiger partial charge in [-0.15, -0.1) is 0 Å². The summed E-state index contributed by atoms with van der Waals surface area (Å²) in [4.78, 5) is 7.96. The molecule has 0 aliphatic rings. The first-order valence-electron chi connectivity index (χ1n) is 4.94. The highest BCUT2D eigenvalue weighted by Crippen LogP contribution is 2.11. The Morgan fingerprint density at radius 2 is 2.27 bits per heavy atom. The van der Waals surface area contributed by atoms with Crippen LogP contribution >= 0.6 is 11.6 Å². The number of aryl methyl sites for hydroxylation is 1. The lowest BCUT2D eigenvalue weighted by Crippen LogP contribution is -2.14. The number of hydrogen-bond donors (Lipinski definition) is 1. The van der Waals surface area contributed by atoms with Crippen molar-refractivity contribution in [2.24, 2.45) is 0 Å². The minimum Gasteiger partial charge on any atom is -0.377 e. The minimum absolute atomic E-state index is 0.252. The van der Waals surface area contributed by atoms with Gasteiger partial charge in [0.25, 0.3) is 0 Å². The number of ether oxygens (including phenoxy) is 1. The highest BCUT2D eigenvalue weighted by Gasteiger charge is 2.01. The zero-order valence-corrected chi connectivity index (χ0v) is 10.0. The molecule has 0 aromatic carbocycles. The molecule has 0 saturated carbocycles. The van der Waals surface area contributed by atoms with Crippen LogP contribution in [0.25, 0.3) is 0 Å². The van der Waals surface area contributed by atoms with Gasteiger partial charge in [-0.1, -0.05) is 0 Å². The maximum absolute atomic E-state index is 5.69. The van der Waals surface area contributed by atoms with E-state index < -0.39 is 0 Å². The summed E-state index contributed by atoms with van der Waals surface area (Å²) in [7, 11) is 0. The van der Waals surface area contributed by atoms with Crippen molar-refractivity contribution in [3.05, 3.63) is 17.0 Å². The minimum atomic E-state index is 0.252. The zero-order chi connectivity index (χ0) is 11.3. The predicted octanol–water partition coefficient (Wildman–Crippen LogP) is 2.28. The van der Waals surface area contributed by atoms with Gasteiger partial charge < -0.3 is 10.1 Å². The van der Waals surface area contributed by atoms with Crippen LogP contribution in [0.3, 0.4) is 0 Å². The van der Waals surface area contributed by atoms with E-state index in [9.17, 15) is 0 Å². The van der Waals surface area contributed by atoms with Crippen molar-refractivity contribution in [3.63, 3.8) is 0 Å². The largest absolute Gasteiger partial charge is 0.377 e. The number of halogens is 1. The van der Waals surface area contributed by atoms with Crippen LogP contribution in [-0.4, -0.2) is 29.2 Å². The van der Waals surface area contributed by atoms with Gasteiger partial charge in [0.15, 0.2) is 0 Å². The predicted molar refractivity (Wildman–Crippen MR) is 61.4 cm³/mol. The van der Waals surface area contributed by atoms with Gasteiger partial charge in [-0.25, -0.2) is 9.97 Å². The number of rotatable bonds is 5. The Morgan fingerprint density at radius 1 is 1.53 bits per heavy atom. The summed E-state index contributed by atoms with van der Waals surface area (Å²) in [6.07, 6.45) is 1.95. The topological polar surface area (TPSA) is 47.0 Å². The molecule has 1 heterocycles. The molecule has 1 rings (SSSR count). The third-order valence-corrected chi connectivity index (χ3v) is 1.97. The van der Waals surface area contributed by atoms with E-state index in [1.165, 1.54) is 0 Å². The zero-order valence-electron chi connectivity index (χ0n) is 9.25. The van der Waals surface area contributed by atoms with Crippen molar-refractivity contribution in [2.75, 3.05) is 18.5 Å². The molecule has 0 spiro atoms. The molecule has 5 heteroatoms. The molecule has 4 nitrogen and oxygen atoms in total. The van der Waals surface area contributed by atoms with Crippen LogP contribution in [0.1, 0.15) is 19.4 Å². The molecule has 15 heavy (non-hydrogen) atoms. The molecule has 0 atom stereocenters. The first kappa shape index (κ1) is 12.2. The third-order valence-electron chi connectivity index (χ3n) is 1.79. The van der Waals surface area contributed by atoms with E-state index in [0.29, 0.717) is 13.2 Å². The van der Waals surface area contributed by atoms with Crippen molar-refractivity contribution < 1.29 is 4.74 Å². The first-order valence-corrected chi connectivity index (χ1v) is 5.32. The lowest BCUT2D eigenvalue weighted by atomic mass is 10.3. The van der Waals surface area contributed by atoms with Crippen molar-refractivity contribution >= 4 is 17.4 Å². The maximum atomic E-state index is 5.69. The van der Waals surface area contributed by atoms with E-state index in [2.05, 4.69) is 15.3 Å². The van der Waals surface area contributed by atoms with E-state index in [1.54, 1.807) is 6.20 Å². The SMILES string of the molecule is Cc1cnc(Cl)nc1NCCOC(C)C. The van der Waals surface area contributed by atoms with Crippen LogP contribution in [0.15, 0.2) is 6.20 Å². The van der Waals surface area contributed by atoms with E-state index in [-0.39, 0.29) is 11.4 Å². The Bertz CT molecular complexity index is 318. The van der Waals surface area contributed by atoms with Crippen LogP contribution in [0, 0.1) is 6.92 Å². The van der Waals surface area contributed by atoms with Crippen LogP contribution in [0.4, 0.5) is 5.82 Å². The molecule has 0 unspecified atom stereocenters. The number of aromatic nitrogens is 2. The Labute approximate surface area is 95.0 Å². The summed E-state index contributed by atoms with van der Waals surface area (Å²) in [5.74, 6) is 0.766. The van der Waals surface area contributed by atoms with Crippen LogP contribution < -0.4 is 5.32 Å². The second-order valence-corrected chi connectivity index (χ2v) is 3.86. The fraction of sp³-hybridized carbons (Fsp3) is 0.600. The Hall–Kier alpha value is -0.870. The van der Waals surface area contributed by atoms with Gasteiger partial charge >= 0.3 is 0 Å². The van der Waals surface area contributed by atoms with Crippen molar-refractivity contribution in [1.82, 2.24) is 9.97 Å². The lowest BCUT2D eigenvalue weighted by Gasteiger charge is -2.10. The molecule has 1 aromatic heterocycles. The van der Waals surface area contributed by atoms with Gasteiger partial charge in [-0.05, 0) is 32.4 Å². The van der Waals surface area contributed by atoms with Gasteiger partial charge in [-0.3, -0.25) is 0 Å². The molecular formula is C10H16ClN3O. The Kier molecular flexibility index (Phi) is 4.78. The summed E-state index contributed by atoms with van der Waals surface area (Å²) in [5.41, 5.74) is 0.976. The number of anilines is 1. The van der Waals surface area contributed by atoms with Gasteiger partial charge in [0.2, 0.25) is 5.28 Å². The molecule has 0 fully saturated rings. The summed E-state index contributed by atoms with van der Waals surface area (Å²) >= 11 is 5.69. The molecule has 0 saturated heterocycles. The summed E-state index contributed by atoms with van der Waals surface area (Å²) in [6, 6.07) is 0. The lowest BCUT2D eigenvalue weighted by molar-refractivity contribution is 0.0870. The molecule has 1 aromatic rings. The van der Waals surface area contributed by atoms with Gasteiger partial charge in [-0.2, -0.15) is 0 Å². The second kappa shape index (κ2) is 5.88. The number of nitrogens with one attached hydrogen (secondary N) is 1. The van der Waals surface area contributed by atoms with Crippen molar-refractivity contribution in [1.29, 1.82) is 0 Å². The van der Waals surface area contributed by atoms with Crippen molar-refractivity contribution in [3.8, 4) is 0 Å². The van der Waals surface area contributed by atoms with E-state index in [4.69, 9.17) is 16.3 Å². The van der Waals surface area contributed by atoms with Crippen LogP contribution in [0.5, 0.6) is 0 Å². The summed E-state index contributed by atoms with van der Waals surface area (Å²) in [5, 5.41) is 3.41. The molecule has 0 bridgehead atoms. The quantitative estimate of drug-likeness (QED) is 0.622. The molecular weight excluding hydrogens is 214 g/mol. The van der Waals surface area contributed by atoms with Gasteiger partial charge in [0, 0.05) is 18.3 Å². The highest BCUT2D eigenvalue weighted by molar-refractivity contribution is 6.28. The normalized spacial score (nSPS) is 10.7. The number of hydrogen-bond acceptors (Lipinski definition) is 4. The van der Waals surface area contributed by atoms with E-state index >= 15 is 0 Å². The smallest absolute Gasteiger partial charge is 0.224 e. The van der Waals surface area contributed by atoms with Crippen LogP contribution in [-0.2, 0) is 4.74 Å². The monoisotopic (exact) mass is 229 g/mol. The second-order valence-electron chi connectivity index (χ2n) is 3.52. The average molecular weight is 230 g/mol. The fourth-order valence-electron chi connectivity index (χ4n) is 1.06. The third kappa shape index (κ3) is 4.44. The number of nitrogens with zero attached hydrogens (tertiary/aromatic N) is 2. The maximum Gasteiger partial charge on any atom is 0.224 e. The molecule has 84 valence electrons. The van der Waals surface area contributed by atoms with E-state index in [1.807, 2.05) is 20.8 Å². The van der Waals surface area contributed by atoms with E-state index in [0.717, 1.165) is 11.4 Å². The Morgan fingerprint density at radius 3 is 2.93 bits per heavy atom. The molecule has 0 radical (unpaired) electrons. The highest BCUT2D eigenvalue weighted by atomic mass is 35.5. The molecule has 0 aliphatic carbocycles. The molecule has 1 N–H and O–H groups in total. The Balaban J connectivity index is 2.40. The molecule has 0 aliphatic heterocycles. The summed E-state index contributed by atoms with van der Waals surface area (Å²) in [6.45, 7) is 7.31. The molecule has 0 amide bonds.